The molecule has 0 amide bonds. The van der Waals surface area contributed by atoms with E-state index < -0.39 is 15.4 Å². The topological polar surface area (TPSA) is 63.6 Å². The molecule has 4 nitrogen and oxygen atoms in total. The van der Waals surface area contributed by atoms with Crippen molar-refractivity contribution in [2.45, 2.75) is 44.5 Å². The predicted molar refractivity (Wildman–Crippen MR) is 83.4 cm³/mol. The first kappa shape index (κ1) is 15.9. The van der Waals surface area contributed by atoms with E-state index in [4.69, 9.17) is 4.74 Å². The van der Waals surface area contributed by atoms with Crippen LogP contribution in [0.25, 0.3) is 0 Å². The quantitative estimate of drug-likeness (QED) is 0.849. The van der Waals surface area contributed by atoms with Crippen molar-refractivity contribution < 1.29 is 18.3 Å². The summed E-state index contributed by atoms with van der Waals surface area (Å²) < 4.78 is 29.8. The number of phenolic OH excluding ortho intramolecular Hbond substituents is 1. The molecule has 1 aliphatic heterocycles. The lowest BCUT2D eigenvalue weighted by atomic mass is 9.98. The molecule has 116 valence electrons. The molecule has 2 rings (SSSR count). The summed E-state index contributed by atoms with van der Waals surface area (Å²) in [4.78, 5) is 0. The summed E-state index contributed by atoms with van der Waals surface area (Å²) in [7, 11) is -3.02. The maximum atomic E-state index is 12.0. The van der Waals surface area contributed by atoms with Crippen LogP contribution in [0.15, 0.2) is 35.9 Å². The first-order chi connectivity index (χ1) is 9.70. The summed E-state index contributed by atoms with van der Waals surface area (Å²) in [6, 6.07) is 6.54. The van der Waals surface area contributed by atoms with Gasteiger partial charge in [-0.3, -0.25) is 0 Å². The van der Waals surface area contributed by atoms with Gasteiger partial charge in [-0.25, -0.2) is 8.42 Å². The monoisotopic (exact) mass is 310 g/mol. The molecule has 1 aromatic rings. The van der Waals surface area contributed by atoms with Gasteiger partial charge in [-0.2, -0.15) is 0 Å². The van der Waals surface area contributed by atoms with Gasteiger partial charge in [0.1, 0.15) is 17.1 Å². The number of phenols is 1. The first-order valence-electron chi connectivity index (χ1n) is 7.06. The second-order valence-electron chi connectivity index (χ2n) is 6.16. The van der Waals surface area contributed by atoms with E-state index in [1.165, 1.54) is 0 Å². The SMILES string of the molecule is CC1=CCS(=O)(=O)C1CCC(C)(C)Oc1ccc(O)cc1. The van der Waals surface area contributed by atoms with Gasteiger partial charge in [0.2, 0.25) is 0 Å². The maximum absolute atomic E-state index is 12.0. The minimum atomic E-state index is -3.02. The van der Waals surface area contributed by atoms with Crippen LogP contribution in [0, 0.1) is 0 Å². The van der Waals surface area contributed by atoms with Crippen molar-refractivity contribution >= 4 is 9.84 Å². The molecule has 0 fully saturated rings. The van der Waals surface area contributed by atoms with Crippen LogP contribution in [-0.2, 0) is 9.84 Å². The number of sulfone groups is 1. The smallest absolute Gasteiger partial charge is 0.160 e. The van der Waals surface area contributed by atoms with Crippen molar-refractivity contribution in [1.29, 1.82) is 0 Å². The Morgan fingerprint density at radius 1 is 1.29 bits per heavy atom. The van der Waals surface area contributed by atoms with Crippen LogP contribution in [0.4, 0.5) is 0 Å². The van der Waals surface area contributed by atoms with Crippen LogP contribution in [-0.4, -0.2) is 30.1 Å². The molecule has 1 N–H and O–H groups in total. The highest BCUT2D eigenvalue weighted by Crippen LogP contribution is 2.30. The Morgan fingerprint density at radius 3 is 2.43 bits per heavy atom. The fourth-order valence-electron chi connectivity index (χ4n) is 2.55. The minimum absolute atomic E-state index is 0.156. The molecule has 0 saturated heterocycles. The van der Waals surface area contributed by atoms with Crippen molar-refractivity contribution in [2.75, 3.05) is 5.75 Å². The lowest BCUT2D eigenvalue weighted by molar-refractivity contribution is 0.0973. The van der Waals surface area contributed by atoms with Crippen molar-refractivity contribution in [3.8, 4) is 11.5 Å². The second-order valence-corrected chi connectivity index (χ2v) is 8.39. The highest BCUT2D eigenvalue weighted by molar-refractivity contribution is 7.92. The Morgan fingerprint density at radius 2 is 1.90 bits per heavy atom. The minimum Gasteiger partial charge on any atom is -0.508 e. The van der Waals surface area contributed by atoms with Crippen molar-refractivity contribution in [3.05, 3.63) is 35.9 Å². The Labute approximate surface area is 126 Å². The fraction of sp³-hybridized carbons (Fsp3) is 0.500. The van der Waals surface area contributed by atoms with Crippen molar-refractivity contribution in [3.63, 3.8) is 0 Å². The fourth-order valence-corrected chi connectivity index (χ4v) is 4.42. The lowest BCUT2D eigenvalue weighted by Crippen LogP contribution is -2.31. The van der Waals surface area contributed by atoms with Gasteiger partial charge in [0.15, 0.2) is 9.84 Å². The molecule has 1 atom stereocenters. The van der Waals surface area contributed by atoms with Gasteiger partial charge in [0.05, 0.1) is 11.0 Å². The van der Waals surface area contributed by atoms with Crippen LogP contribution in [0.3, 0.4) is 0 Å². The van der Waals surface area contributed by atoms with E-state index in [9.17, 15) is 13.5 Å². The maximum Gasteiger partial charge on any atom is 0.160 e. The third-order valence-corrected chi connectivity index (χ3v) is 5.92. The van der Waals surface area contributed by atoms with E-state index >= 15 is 0 Å². The molecule has 0 aromatic heterocycles. The molecule has 0 bridgehead atoms. The van der Waals surface area contributed by atoms with Gasteiger partial charge in [0, 0.05) is 0 Å². The summed E-state index contributed by atoms with van der Waals surface area (Å²) in [5, 5.41) is 8.89. The molecule has 0 aliphatic carbocycles. The molecule has 5 heteroatoms. The molecule has 0 spiro atoms. The number of hydrogen-bond donors (Lipinski definition) is 1. The third kappa shape index (κ3) is 4.00. The van der Waals surface area contributed by atoms with Crippen molar-refractivity contribution in [2.24, 2.45) is 0 Å². The summed E-state index contributed by atoms with van der Waals surface area (Å²) in [5.41, 5.74) is 0.477. The van der Waals surface area contributed by atoms with E-state index in [0.717, 1.165) is 5.57 Å². The lowest BCUT2D eigenvalue weighted by Gasteiger charge is -2.28. The molecule has 1 heterocycles. The molecule has 1 aromatic carbocycles. The van der Waals surface area contributed by atoms with Gasteiger partial charge in [-0.05, 0) is 57.9 Å². The van der Waals surface area contributed by atoms with Crippen LogP contribution in [0.5, 0.6) is 11.5 Å². The Kier molecular flexibility index (Phi) is 4.33. The zero-order chi connectivity index (χ0) is 15.7. The normalized spacial score (nSPS) is 21.1. The highest BCUT2D eigenvalue weighted by atomic mass is 32.2. The largest absolute Gasteiger partial charge is 0.508 e. The molecule has 21 heavy (non-hydrogen) atoms. The van der Waals surface area contributed by atoms with Gasteiger partial charge in [-0.1, -0.05) is 11.6 Å². The van der Waals surface area contributed by atoms with Crippen molar-refractivity contribution in [1.82, 2.24) is 0 Å². The van der Waals surface area contributed by atoms with Crippen LogP contribution in [0.2, 0.25) is 0 Å². The summed E-state index contributed by atoms with van der Waals surface area (Å²) in [6.45, 7) is 5.77. The zero-order valence-electron chi connectivity index (χ0n) is 12.7. The molecular weight excluding hydrogens is 288 g/mol. The number of benzene rings is 1. The number of rotatable bonds is 5. The Balaban J connectivity index is 1.98. The Hall–Kier alpha value is -1.49. The predicted octanol–water partition coefficient (Wildman–Crippen LogP) is 3.07. The average molecular weight is 310 g/mol. The summed E-state index contributed by atoms with van der Waals surface area (Å²) in [6.07, 6.45) is 3.01. The highest BCUT2D eigenvalue weighted by Gasteiger charge is 2.33. The standard InChI is InChI=1S/C16H22O4S/c1-12-9-11-21(18,19)15(12)8-10-16(2,3)20-14-6-4-13(17)5-7-14/h4-7,9,15,17H,8,10-11H2,1-3H3. The zero-order valence-corrected chi connectivity index (χ0v) is 13.5. The Bertz CT molecular complexity index is 627. The molecule has 0 saturated carbocycles. The van der Waals surface area contributed by atoms with Gasteiger partial charge in [-0.15, -0.1) is 0 Å². The summed E-state index contributed by atoms with van der Waals surface area (Å²) >= 11 is 0. The van der Waals surface area contributed by atoms with Crippen LogP contribution in [0.1, 0.15) is 33.6 Å². The third-order valence-electron chi connectivity index (χ3n) is 3.82. The molecular formula is C16H22O4S. The van der Waals surface area contributed by atoms with E-state index in [0.29, 0.717) is 18.6 Å². The number of hydrogen-bond acceptors (Lipinski definition) is 4. The van der Waals surface area contributed by atoms with Crippen LogP contribution < -0.4 is 4.74 Å². The van der Waals surface area contributed by atoms with Crippen LogP contribution >= 0.6 is 0 Å². The second kappa shape index (κ2) is 5.72. The molecule has 1 unspecified atom stereocenters. The van der Waals surface area contributed by atoms with Gasteiger partial charge < -0.3 is 9.84 Å². The van der Waals surface area contributed by atoms with E-state index in [1.807, 2.05) is 20.8 Å². The van der Waals surface area contributed by atoms with E-state index in [1.54, 1.807) is 30.3 Å². The average Bonchev–Trinajstić information content (AvgIpc) is 2.64. The van der Waals surface area contributed by atoms with Gasteiger partial charge in [0.25, 0.3) is 0 Å². The van der Waals surface area contributed by atoms with E-state index in [-0.39, 0.29) is 16.8 Å². The number of aromatic hydroxyl groups is 1. The van der Waals surface area contributed by atoms with Gasteiger partial charge >= 0.3 is 0 Å². The first-order valence-corrected chi connectivity index (χ1v) is 8.77. The summed E-state index contributed by atoms with van der Waals surface area (Å²) in [5.74, 6) is 1.01. The molecule has 1 aliphatic rings. The van der Waals surface area contributed by atoms with E-state index in [2.05, 4.69) is 0 Å². The number of ether oxygens (including phenoxy) is 1. The molecule has 0 radical (unpaired) electrons.